The lowest BCUT2D eigenvalue weighted by molar-refractivity contribution is 0.0556. The van der Waals surface area contributed by atoms with Gasteiger partial charge in [0.05, 0.1) is 12.2 Å². The van der Waals surface area contributed by atoms with Gasteiger partial charge in [0, 0.05) is 6.42 Å². The van der Waals surface area contributed by atoms with Crippen molar-refractivity contribution in [2.45, 2.75) is 51.6 Å². The maximum Gasteiger partial charge on any atom is 0.0912 e. The van der Waals surface area contributed by atoms with E-state index in [2.05, 4.69) is 20.1 Å². The van der Waals surface area contributed by atoms with Crippen molar-refractivity contribution < 1.29 is 10.2 Å². The summed E-state index contributed by atoms with van der Waals surface area (Å²) in [4.78, 5) is 0. The lowest BCUT2D eigenvalue weighted by Crippen LogP contribution is -2.32. The van der Waals surface area contributed by atoms with Crippen LogP contribution in [0.2, 0.25) is 0 Å². The van der Waals surface area contributed by atoms with Crippen molar-refractivity contribution in [3.05, 3.63) is 24.3 Å². The van der Waals surface area contributed by atoms with Gasteiger partial charge in [0.25, 0.3) is 0 Å². The molecule has 2 heteroatoms. The fraction of sp³-hybridized carbons (Fsp3) is 0.692. The van der Waals surface area contributed by atoms with Gasteiger partial charge in [-0.05, 0) is 18.9 Å². The monoisotopic (exact) mass is 212 g/mol. The summed E-state index contributed by atoms with van der Waals surface area (Å²) in [5.74, 6) is 0. The Balaban J connectivity index is 4.40. The number of hydrogen-bond donors (Lipinski definition) is 2. The summed E-state index contributed by atoms with van der Waals surface area (Å²) in [6.45, 7) is 11.4. The van der Waals surface area contributed by atoms with Crippen LogP contribution in [0.5, 0.6) is 0 Å². The topological polar surface area (TPSA) is 40.5 Å². The highest BCUT2D eigenvalue weighted by Gasteiger charge is 2.29. The normalized spacial score (nSPS) is 14.7. The van der Waals surface area contributed by atoms with E-state index in [1.54, 1.807) is 0 Å². The van der Waals surface area contributed by atoms with Crippen molar-refractivity contribution in [3.63, 3.8) is 0 Å². The molecular formula is C13H24O2. The summed E-state index contributed by atoms with van der Waals surface area (Å²) in [7, 11) is 0. The Labute approximate surface area is 93.3 Å². The van der Waals surface area contributed by atoms with Crippen LogP contribution in [0.3, 0.4) is 0 Å². The van der Waals surface area contributed by atoms with E-state index in [1.165, 1.54) is 0 Å². The van der Waals surface area contributed by atoms with Crippen molar-refractivity contribution in [1.82, 2.24) is 0 Å². The molecule has 0 radical (unpaired) electrons. The molecule has 0 aromatic carbocycles. The highest BCUT2D eigenvalue weighted by Crippen LogP contribution is 2.29. The molecule has 0 aromatic heterocycles. The Kier molecular flexibility index (Phi) is 6.53. The number of unbranched alkanes of at least 4 members (excludes halogenated alkanes) is 2. The molecule has 0 rings (SSSR count). The molecule has 1 atom stereocenters. The Morgan fingerprint density at radius 2 is 1.87 bits per heavy atom. The minimum Gasteiger partial charge on any atom is -0.392 e. The molecule has 0 spiro atoms. The zero-order valence-electron chi connectivity index (χ0n) is 10.1. The first-order valence-corrected chi connectivity index (χ1v) is 5.62. The molecule has 15 heavy (non-hydrogen) atoms. The van der Waals surface area contributed by atoms with Gasteiger partial charge in [-0.1, -0.05) is 38.3 Å². The van der Waals surface area contributed by atoms with E-state index in [0.717, 1.165) is 24.8 Å². The third-order valence-corrected chi connectivity index (χ3v) is 2.64. The van der Waals surface area contributed by atoms with Crippen LogP contribution in [0.1, 0.15) is 46.0 Å². The molecule has 0 bridgehead atoms. The second-order valence-corrected chi connectivity index (χ2v) is 4.38. The molecule has 0 aliphatic heterocycles. The van der Waals surface area contributed by atoms with Crippen LogP contribution in [-0.2, 0) is 0 Å². The van der Waals surface area contributed by atoms with Crippen LogP contribution < -0.4 is 0 Å². The van der Waals surface area contributed by atoms with Crippen LogP contribution in [0.4, 0.5) is 0 Å². The van der Waals surface area contributed by atoms with E-state index < -0.39 is 5.60 Å². The molecule has 0 aliphatic carbocycles. The van der Waals surface area contributed by atoms with Gasteiger partial charge in [-0.3, -0.25) is 0 Å². The van der Waals surface area contributed by atoms with Crippen LogP contribution in [0.15, 0.2) is 24.3 Å². The number of rotatable bonds is 8. The van der Waals surface area contributed by atoms with Crippen molar-refractivity contribution in [2.24, 2.45) is 0 Å². The van der Waals surface area contributed by atoms with Crippen LogP contribution in [-0.4, -0.2) is 22.4 Å². The fourth-order valence-electron chi connectivity index (χ4n) is 1.70. The Morgan fingerprint density at radius 1 is 1.27 bits per heavy atom. The van der Waals surface area contributed by atoms with Gasteiger partial charge in [0.15, 0.2) is 0 Å². The molecule has 0 aliphatic rings. The summed E-state index contributed by atoms with van der Waals surface area (Å²) in [5, 5.41) is 19.4. The van der Waals surface area contributed by atoms with Gasteiger partial charge in [0.1, 0.15) is 0 Å². The first-order valence-electron chi connectivity index (χ1n) is 5.62. The first-order chi connectivity index (χ1) is 6.96. The van der Waals surface area contributed by atoms with E-state index in [1.807, 2.05) is 6.92 Å². The third kappa shape index (κ3) is 5.14. The summed E-state index contributed by atoms with van der Waals surface area (Å²) in [5.41, 5.74) is 0.459. The van der Waals surface area contributed by atoms with Crippen molar-refractivity contribution in [3.8, 4) is 0 Å². The SMILES string of the molecule is C=C(C)C[C@@](O)(CCCCC)C(=C)CO. The molecule has 0 saturated heterocycles. The molecule has 0 unspecified atom stereocenters. The lowest BCUT2D eigenvalue weighted by atomic mass is 9.84. The average molecular weight is 212 g/mol. The van der Waals surface area contributed by atoms with Crippen LogP contribution >= 0.6 is 0 Å². The zero-order chi connectivity index (χ0) is 11.9. The van der Waals surface area contributed by atoms with E-state index in [0.29, 0.717) is 18.4 Å². The highest BCUT2D eigenvalue weighted by atomic mass is 16.3. The summed E-state index contributed by atoms with van der Waals surface area (Å²) >= 11 is 0. The Morgan fingerprint density at radius 3 is 2.27 bits per heavy atom. The summed E-state index contributed by atoms with van der Waals surface area (Å²) in [6.07, 6.45) is 4.33. The van der Waals surface area contributed by atoms with Crippen molar-refractivity contribution in [1.29, 1.82) is 0 Å². The number of aliphatic hydroxyl groups excluding tert-OH is 1. The molecule has 2 nitrogen and oxygen atoms in total. The average Bonchev–Trinajstić information content (AvgIpc) is 2.15. The largest absolute Gasteiger partial charge is 0.392 e. The van der Waals surface area contributed by atoms with Gasteiger partial charge >= 0.3 is 0 Å². The Bertz CT molecular complexity index is 221. The molecule has 0 fully saturated rings. The standard InChI is InChI=1S/C13H24O2/c1-5-6-7-8-13(15,9-11(2)3)12(4)10-14/h14-15H,2,4-10H2,1,3H3/t13-/m0/s1. The molecule has 0 aromatic rings. The van der Waals surface area contributed by atoms with E-state index in [4.69, 9.17) is 5.11 Å². The highest BCUT2D eigenvalue weighted by molar-refractivity contribution is 5.17. The van der Waals surface area contributed by atoms with Gasteiger partial charge in [-0.15, -0.1) is 6.58 Å². The van der Waals surface area contributed by atoms with Crippen molar-refractivity contribution >= 4 is 0 Å². The summed E-state index contributed by atoms with van der Waals surface area (Å²) < 4.78 is 0. The number of aliphatic hydroxyl groups is 2. The second kappa shape index (κ2) is 6.81. The van der Waals surface area contributed by atoms with E-state index >= 15 is 0 Å². The quantitative estimate of drug-likeness (QED) is 0.480. The van der Waals surface area contributed by atoms with Gasteiger partial charge in [-0.2, -0.15) is 0 Å². The maximum atomic E-state index is 10.4. The minimum atomic E-state index is -0.963. The predicted octanol–water partition coefficient (Wildman–Crippen LogP) is 2.81. The van der Waals surface area contributed by atoms with E-state index in [9.17, 15) is 5.11 Å². The molecular weight excluding hydrogens is 188 g/mol. The van der Waals surface area contributed by atoms with Gasteiger partial charge in [0.2, 0.25) is 0 Å². The van der Waals surface area contributed by atoms with Crippen LogP contribution in [0, 0.1) is 0 Å². The lowest BCUT2D eigenvalue weighted by Gasteiger charge is -2.30. The zero-order valence-corrected chi connectivity index (χ0v) is 10.1. The first kappa shape index (κ1) is 14.4. The molecule has 0 heterocycles. The smallest absolute Gasteiger partial charge is 0.0912 e. The van der Waals surface area contributed by atoms with Gasteiger partial charge in [-0.25, -0.2) is 0 Å². The predicted molar refractivity (Wildman–Crippen MR) is 64.7 cm³/mol. The third-order valence-electron chi connectivity index (χ3n) is 2.64. The van der Waals surface area contributed by atoms with Crippen molar-refractivity contribution in [2.75, 3.05) is 6.61 Å². The van der Waals surface area contributed by atoms with Gasteiger partial charge < -0.3 is 10.2 Å². The van der Waals surface area contributed by atoms with Crippen LogP contribution in [0.25, 0.3) is 0 Å². The maximum absolute atomic E-state index is 10.4. The Hall–Kier alpha value is -0.600. The second-order valence-electron chi connectivity index (χ2n) is 4.38. The fourth-order valence-corrected chi connectivity index (χ4v) is 1.70. The molecule has 88 valence electrons. The minimum absolute atomic E-state index is 0.157. The molecule has 0 amide bonds. The molecule has 2 N–H and O–H groups in total. The van der Waals surface area contributed by atoms with E-state index in [-0.39, 0.29) is 6.61 Å². The molecule has 0 saturated carbocycles. The summed E-state index contributed by atoms with van der Waals surface area (Å²) in [6, 6.07) is 0. The number of hydrogen-bond acceptors (Lipinski definition) is 2.